The van der Waals surface area contributed by atoms with Crippen molar-refractivity contribution in [3.05, 3.63) is 0 Å². The summed E-state index contributed by atoms with van der Waals surface area (Å²) in [5.74, 6) is 0. The Bertz CT molecular complexity index is 138. The van der Waals surface area contributed by atoms with Crippen LogP contribution in [0, 0.1) is 0 Å². The summed E-state index contributed by atoms with van der Waals surface area (Å²) < 4.78 is 16.2. The lowest BCUT2D eigenvalue weighted by Crippen LogP contribution is -2.16. The van der Waals surface area contributed by atoms with E-state index < -0.39 is 0 Å². The van der Waals surface area contributed by atoms with E-state index in [1.165, 1.54) is 0 Å². The summed E-state index contributed by atoms with van der Waals surface area (Å²) in [7, 11) is 0. The van der Waals surface area contributed by atoms with Gasteiger partial charge in [0.05, 0.1) is 25.4 Å². The molecule has 0 spiro atoms. The van der Waals surface area contributed by atoms with Crippen LogP contribution in [0.2, 0.25) is 0 Å². The topological polar surface area (TPSA) is 47.9 Å². The Labute approximate surface area is 71.4 Å². The largest absolute Gasteiger partial charge is 0.394 e. The zero-order chi connectivity index (χ0) is 8.39. The van der Waals surface area contributed by atoms with Crippen LogP contribution in [0.1, 0.15) is 12.8 Å². The summed E-state index contributed by atoms with van der Waals surface area (Å²) in [5, 5.41) is 8.52. The van der Waals surface area contributed by atoms with E-state index in [9.17, 15) is 0 Å². The van der Waals surface area contributed by atoms with Gasteiger partial charge in [-0.15, -0.1) is 0 Å². The first kappa shape index (κ1) is 8.44. The minimum Gasteiger partial charge on any atom is -0.394 e. The zero-order valence-electron chi connectivity index (χ0n) is 6.94. The van der Waals surface area contributed by atoms with Crippen LogP contribution < -0.4 is 0 Å². The number of aliphatic hydroxyl groups excluding tert-OH is 1. The van der Waals surface area contributed by atoms with Crippen molar-refractivity contribution < 1.29 is 19.3 Å². The monoisotopic (exact) mass is 174 g/mol. The summed E-state index contributed by atoms with van der Waals surface area (Å²) in [6.45, 7) is 1.21. The van der Waals surface area contributed by atoms with E-state index in [-0.39, 0.29) is 25.1 Å². The second kappa shape index (κ2) is 3.70. The van der Waals surface area contributed by atoms with E-state index in [0.717, 1.165) is 19.4 Å². The molecule has 0 aliphatic carbocycles. The highest BCUT2D eigenvalue weighted by Crippen LogP contribution is 2.30. The molecule has 0 aromatic heterocycles. The summed E-state index contributed by atoms with van der Waals surface area (Å²) in [6.07, 6.45) is 2.09. The lowest BCUT2D eigenvalue weighted by molar-refractivity contribution is -0.138. The molecular formula is C8H14O4. The molecule has 2 aliphatic heterocycles. The quantitative estimate of drug-likeness (QED) is 0.649. The molecule has 2 heterocycles. The van der Waals surface area contributed by atoms with Gasteiger partial charge in [-0.2, -0.15) is 0 Å². The van der Waals surface area contributed by atoms with Gasteiger partial charge in [0, 0.05) is 13.0 Å². The lowest BCUT2D eigenvalue weighted by atomic mass is 10.2. The van der Waals surface area contributed by atoms with Crippen LogP contribution in [-0.2, 0) is 14.2 Å². The highest BCUT2D eigenvalue weighted by molar-refractivity contribution is 4.83. The number of ether oxygens (including phenoxy) is 3. The van der Waals surface area contributed by atoms with Crippen molar-refractivity contribution in [1.29, 1.82) is 0 Å². The van der Waals surface area contributed by atoms with Crippen molar-refractivity contribution in [1.82, 2.24) is 0 Å². The Kier molecular flexibility index (Phi) is 2.60. The van der Waals surface area contributed by atoms with E-state index in [2.05, 4.69) is 0 Å². The van der Waals surface area contributed by atoms with Crippen molar-refractivity contribution in [2.24, 2.45) is 0 Å². The minimum atomic E-state index is -0.160. The molecule has 1 N–H and O–H groups in total. The van der Waals surface area contributed by atoms with Crippen molar-refractivity contribution in [2.75, 3.05) is 19.8 Å². The Morgan fingerprint density at radius 1 is 1.42 bits per heavy atom. The fraction of sp³-hybridized carbons (Fsp3) is 1.00. The fourth-order valence-corrected chi connectivity index (χ4v) is 1.74. The molecule has 0 aromatic rings. The molecule has 70 valence electrons. The van der Waals surface area contributed by atoms with Gasteiger partial charge in [-0.1, -0.05) is 0 Å². The second-order valence-corrected chi connectivity index (χ2v) is 3.13. The van der Waals surface area contributed by atoms with E-state index in [1.54, 1.807) is 0 Å². The van der Waals surface area contributed by atoms with E-state index in [0.29, 0.717) is 6.61 Å². The van der Waals surface area contributed by atoms with Crippen LogP contribution in [0.3, 0.4) is 0 Å². The molecule has 0 amide bonds. The molecule has 3 atom stereocenters. The molecule has 4 heteroatoms. The molecular weight excluding hydrogens is 160 g/mol. The first-order chi connectivity index (χ1) is 5.90. The van der Waals surface area contributed by atoms with Crippen molar-refractivity contribution in [3.63, 3.8) is 0 Å². The van der Waals surface area contributed by atoms with Crippen molar-refractivity contribution in [2.45, 2.75) is 31.3 Å². The van der Waals surface area contributed by atoms with Gasteiger partial charge in [-0.05, 0) is 6.42 Å². The molecule has 0 saturated carbocycles. The summed E-state index contributed by atoms with van der Waals surface area (Å²) in [6, 6.07) is 0. The molecule has 0 bridgehead atoms. The SMILES string of the molecule is OCCOC1CC2OCCC2O1. The number of hydrogen-bond donors (Lipinski definition) is 1. The zero-order valence-corrected chi connectivity index (χ0v) is 6.94. The number of aliphatic hydroxyl groups is 1. The van der Waals surface area contributed by atoms with Gasteiger partial charge < -0.3 is 19.3 Å². The maximum Gasteiger partial charge on any atom is 0.160 e. The van der Waals surface area contributed by atoms with Gasteiger partial charge in [0.1, 0.15) is 0 Å². The molecule has 12 heavy (non-hydrogen) atoms. The predicted molar refractivity (Wildman–Crippen MR) is 40.7 cm³/mol. The third-order valence-corrected chi connectivity index (χ3v) is 2.30. The molecule has 2 aliphatic rings. The van der Waals surface area contributed by atoms with Gasteiger partial charge in [0.15, 0.2) is 6.29 Å². The molecule has 2 rings (SSSR count). The van der Waals surface area contributed by atoms with Crippen LogP contribution in [0.15, 0.2) is 0 Å². The maximum atomic E-state index is 8.52. The van der Waals surface area contributed by atoms with E-state index in [1.807, 2.05) is 0 Å². The Morgan fingerprint density at radius 3 is 3.08 bits per heavy atom. The summed E-state index contributed by atoms with van der Waals surface area (Å²) in [4.78, 5) is 0. The molecule has 0 radical (unpaired) electrons. The van der Waals surface area contributed by atoms with Crippen molar-refractivity contribution >= 4 is 0 Å². The summed E-state index contributed by atoms with van der Waals surface area (Å²) in [5.41, 5.74) is 0. The minimum absolute atomic E-state index is 0.0516. The fourth-order valence-electron chi connectivity index (χ4n) is 1.74. The van der Waals surface area contributed by atoms with Gasteiger partial charge in [-0.25, -0.2) is 0 Å². The lowest BCUT2D eigenvalue weighted by Gasteiger charge is -2.11. The smallest absolute Gasteiger partial charge is 0.160 e. The number of fused-ring (bicyclic) bond motifs is 1. The predicted octanol–water partition coefficient (Wildman–Crippen LogP) is -0.101. The molecule has 4 nitrogen and oxygen atoms in total. The number of rotatable bonds is 3. The normalized spacial score (nSPS) is 40.2. The molecule has 3 unspecified atom stereocenters. The summed E-state index contributed by atoms with van der Waals surface area (Å²) >= 11 is 0. The van der Waals surface area contributed by atoms with Crippen LogP contribution >= 0.6 is 0 Å². The van der Waals surface area contributed by atoms with Crippen LogP contribution in [0.25, 0.3) is 0 Å². The average Bonchev–Trinajstić information content (AvgIpc) is 2.58. The van der Waals surface area contributed by atoms with Crippen LogP contribution in [0.4, 0.5) is 0 Å². The molecule has 2 fully saturated rings. The van der Waals surface area contributed by atoms with Gasteiger partial charge in [-0.3, -0.25) is 0 Å². The highest BCUT2D eigenvalue weighted by Gasteiger charge is 2.39. The average molecular weight is 174 g/mol. The third kappa shape index (κ3) is 1.61. The Morgan fingerprint density at radius 2 is 2.33 bits per heavy atom. The van der Waals surface area contributed by atoms with Gasteiger partial charge in [0.25, 0.3) is 0 Å². The first-order valence-electron chi connectivity index (χ1n) is 4.39. The molecule has 0 aromatic carbocycles. The van der Waals surface area contributed by atoms with Crippen molar-refractivity contribution in [3.8, 4) is 0 Å². The van der Waals surface area contributed by atoms with E-state index in [4.69, 9.17) is 19.3 Å². The Hall–Kier alpha value is -0.160. The third-order valence-electron chi connectivity index (χ3n) is 2.30. The Balaban J connectivity index is 1.75. The number of hydrogen-bond acceptors (Lipinski definition) is 4. The van der Waals surface area contributed by atoms with Crippen LogP contribution in [0.5, 0.6) is 0 Å². The first-order valence-corrected chi connectivity index (χ1v) is 4.39. The van der Waals surface area contributed by atoms with Crippen LogP contribution in [-0.4, -0.2) is 43.4 Å². The molecule has 2 saturated heterocycles. The van der Waals surface area contributed by atoms with E-state index >= 15 is 0 Å². The standard InChI is InChI=1S/C8H14O4/c9-2-4-11-8-5-7-6(12-8)1-3-10-7/h6-9H,1-5H2. The maximum absolute atomic E-state index is 8.52. The highest BCUT2D eigenvalue weighted by atomic mass is 16.7. The van der Waals surface area contributed by atoms with Gasteiger partial charge >= 0.3 is 0 Å². The second-order valence-electron chi connectivity index (χ2n) is 3.13. The van der Waals surface area contributed by atoms with Gasteiger partial charge in [0.2, 0.25) is 0 Å².